The van der Waals surface area contributed by atoms with Crippen molar-refractivity contribution >= 4 is 5.78 Å². The van der Waals surface area contributed by atoms with Crippen LogP contribution in [0.3, 0.4) is 0 Å². The Morgan fingerprint density at radius 3 is 2.71 bits per heavy atom. The summed E-state index contributed by atoms with van der Waals surface area (Å²) in [6.07, 6.45) is 6.53. The number of nitriles is 1. The van der Waals surface area contributed by atoms with Gasteiger partial charge in [0, 0.05) is 5.41 Å². The summed E-state index contributed by atoms with van der Waals surface area (Å²) >= 11 is 0. The molecular formula is C20H27NO3. The van der Waals surface area contributed by atoms with Gasteiger partial charge in [-0.25, -0.2) is 0 Å². The smallest absolute Gasteiger partial charge is 0.181 e. The Labute approximate surface area is 143 Å². The second-order valence-corrected chi connectivity index (χ2v) is 9.65. The van der Waals surface area contributed by atoms with Gasteiger partial charge in [0.2, 0.25) is 0 Å². The average molecular weight is 329 g/mol. The van der Waals surface area contributed by atoms with E-state index in [1.807, 2.05) is 0 Å². The van der Waals surface area contributed by atoms with Crippen molar-refractivity contribution in [2.45, 2.75) is 76.6 Å². The van der Waals surface area contributed by atoms with Gasteiger partial charge in [0.25, 0.3) is 0 Å². The van der Waals surface area contributed by atoms with Crippen LogP contribution in [0.2, 0.25) is 0 Å². The largest absolute Gasteiger partial charge is 0.393 e. The number of epoxide rings is 1. The van der Waals surface area contributed by atoms with E-state index < -0.39 is 5.92 Å². The van der Waals surface area contributed by atoms with Gasteiger partial charge in [-0.05, 0) is 68.1 Å². The lowest BCUT2D eigenvalue weighted by atomic mass is 9.44. The summed E-state index contributed by atoms with van der Waals surface area (Å²) in [5.41, 5.74) is -0.252. The second kappa shape index (κ2) is 4.43. The van der Waals surface area contributed by atoms with E-state index in [1.165, 1.54) is 0 Å². The molecule has 4 heteroatoms. The third kappa shape index (κ3) is 1.51. The molecule has 24 heavy (non-hydrogen) atoms. The summed E-state index contributed by atoms with van der Waals surface area (Å²) in [4.78, 5) is 12.4. The monoisotopic (exact) mass is 329 g/mol. The highest BCUT2D eigenvalue weighted by atomic mass is 16.6. The van der Waals surface area contributed by atoms with E-state index in [-0.39, 0.29) is 34.4 Å². The van der Waals surface area contributed by atoms with Gasteiger partial charge in [-0.1, -0.05) is 13.8 Å². The second-order valence-electron chi connectivity index (χ2n) is 9.65. The average Bonchev–Trinajstić information content (AvgIpc) is 3.23. The fraction of sp³-hybridized carbons (Fsp3) is 0.900. The number of hydrogen-bond acceptors (Lipinski definition) is 4. The van der Waals surface area contributed by atoms with Gasteiger partial charge in [-0.2, -0.15) is 5.26 Å². The molecule has 3 unspecified atom stereocenters. The minimum absolute atomic E-state index is 0.0327. The van der Waals surface area contributed by atoms with Crippen LogP contribution in [0.15, 0.2) is 0 Å². The lowest BCUT2D eigenvalue weighted by molar-refractivity contribution is -0.138. The highest BCUT2D eigenvalue weighted by Gasteiger charge is 2.78. The number of ether oxygens (including phenoxy) is 1. The Bertz CT molecular complexity index is 656. The minimum atomic E-state index is -0.489. The van der Waals surface area contributed by atoms with E-state index in [2.05, 4.69) is 19.9 Å². The first-order valence-electron chi connectivity index (χ1n) is 9.67. The minimum Gasteiger partial charge on any atom is -0.393 e. The summed E-state index contributed by atoms with van der Waals surface area (Å²) in [7, 11) is 0. The van der Waals surface area contributed by atoms with E-state index in [0.29, 0.717) is 24.2 Å². The molecule has 130 valence electrons. The van der Waals surface area contributed by atoms with Gasteiger partial charge in [0.1, 0.15) is 17.6 Å². The van der Waals surface area contributed by atoms with Crippen molar-refractivity contribution in [1.29, 1.82) is 5.26 Å². The molecule has 4 aliphatic carbocycles. The summed E-state index contributed by atoms with van der Waals surface area (Å²) in [5.74, 6) is 1.29. The molecule has 1 aliphatic heterocycles. The van der Waals surface area contributed by atoms with Gasteiger partial charge in [-0.3, -0.25) is 4.79 Å². The van der Waals surface area contributed by atoms with Crippen LogP contribution in [0.4, 0.5) is 0 Å². The van der Waals surface area contributed by atoms with Crippen molar-refractivity contribution in [2.24, 2.45) is 34.5 Å². The molecule has 1 spiro atoms. The summed E-state index contributed by atoms with van der Waals surface area (Å²) < 4.78 is 6.07. The molecule has 0 bridgehead atoms. The van der Waals surface area contributed by atoms with Crippen LogP contribution in [0, 0.1) is 45.8 Å². The molecule has 4 saturated carbocycles. The number of aliphatic hydroxyl groups is 1. The van der Waals surface area contributed by atoms with E-state index >= 15 is 0 Å². The van der Waals surface area contributed by atoms with Crippen LogP contribution in [0.25, 0.3) is 0 Å². The number of Topliss-reactive ketones (excluding diaryl/α,β-unsaturated/α-hetero) is 1. The van der Waals surface area contributed by atoms with Crippen LogP contribution in [-0.4, -0.2) is 28.7 Å². The molecule has 9 atom stereocenters. The van der Waals surface area contributed by atoms with Gasteiger partial charge in [-0.15, -0.1) is 0 Å². The van der Waals surface area contributed by atoms with E-state index in [0.717, 1.165) is 38.5 Å². The number of fused-ring (bicyclic) bond motifs is 4. The molecule has 1 saturated heterocycles. The van der Waals surface area contributed by atoms with E-state index in [1.54, 1.807) is 0 Å². The van der Waals surface area contributed by atoms with Gasteiger partial charge < -0.3 is 9.84 Å². The predicted molar refractivity (Wildman–Crippen MR) is 86.7 cm³/mol. The number of carbonyl (C=O) groups excluding carboxylic acids is 1. The molecule has 5 aliphatic rings. The van der Waals surface area contributed by atoms with E-state index in [4.69, 9.17) is 4.74 Å². The number of ketones is 1. The lowest BCUT2D eigenvalue weighted by Crippen LogP contribution is -2.59. The molecule has 0 aromatic heterocycles. The molecule has 1 heterocycles. The normalized spacial score (nSPS) is 61.2. The lowest BCUT2D eigenvalue weighted by Gasteiger charge is -2.59. The van der Waals surface area contributed by atoms with Crippen molar-refractivity contribution in [3.8, 4) is 6.07 Å². The first kappa shape index (κ1) is 15.3. The topological polar surface area (TPSA) is 73.6 Å². The molecule has 5 fully saturated rings. The van der Waals surface area contributed by atoms with Crippen molar-refractivity contribution in [1.82, 2.24) is 0 Å². The van der Waals surface area contributed by atoms with Crippen LogP contribution in [0.5, 0.6) is 0 Å². The van der Waals surface area contributed by atoms with Crippen LogP contribution in [0.1, 0.15) is 58.8 Å². The summed E-state index contributed by atoms with van der Waals surface area (Å²) in [6, 6.07) is 2.25. The van der Waals surface area contributed by atoms with Gasteiger partial charge in [0.15, 0.2) is 5.78 Å². The van der Waals surface area contributed by atoms with Gasteiger partial charge in [0.05, 0.1) is 12.2 Å². The van der Waals surface area contributed by atoms with Crippen LogP contribution >= 0.6 is 0 Å². The van der Waals surface area contributed by atoms with Crippen molar-refractivity contribution in [3.05, 3.63) is 0 Å². The zero-order valence-electron chi connectivity index (χ0n) is 14.6. The third-order valence-electron chi connectivity index (χ3n) is 9.10. The van der Waals surface area contributed by atoms with E-state index in [9.17, 15) is 15.2 Å². The Morgan fingerprint density at radius 2 is 1.96 bits per heavy atom. The first-order chi connectivity index (χ1) is 11.4. The summed E-state index contributed by atoms with van der Waals surface area (Å²) in [5, 5.41) is 20.0. The molecule has 0 aromatic rings. The Hall–Kier alpha value is -0.920. The maximum atomic E-state index is 12.4. The molecular weight excluding hydrogens is 302 g/mol. The molecule has 4 nitrogen and oxygen atoms in total. The van der Waals surface area contributed by atoms with Crippen molar-refractivity contribution in [3.63, 3.8) is 0 Å². The number of rotatable bonds is 0. The number of aliphatic hydroxyl groups excluding tert-OH is 1. The number of nitrogens with zero attached hydrogens (tertiary/aromatic N) is 1. The van der Waals surface area contributed by atoms with Gasteiger partial charge >= 0.3 is 0 Å². The van der Waals surface area contributed by atoms with Crippen molar-refractivity contribution in [2.75, 3.05) is 0 Å². The van der Waals surface area contributed by atoms with Crippen molar-refractivity contribution < 1.29 is 14.6 Å². The maximum absolute atomic E-state index is 12.4. The quantitative estimate of drug-likeness (QED) is 0.694. The standard InChI is InChI=1S/C20H27NO3/c1-18-7-6-14-12(13(18)3-4-15(18)22)5-8-20-17(24-20)16(23)11(10-21)9-19(14,20)2/h11-15,17,22H,3-9H2,1-2H3/t11?,12-,13-,14-,15-,17+,18?,19?,20+/m0/s1. The molecule has 0 amide bonds. The molecule has 1 N–H and O–H groups in total. The Kier molecular flexibility index (Phi) is 2.83. The maximum Gasteiger partial charge on any atom is 0.181 e. The third-order valence-corrected chi connectivity index (χ3v) is 9.10. The number of carbonyl (C=O) groups is 1. The zero-order chi connectivity index (χ0) is 16.9. The molecule has 5 rings (SSSR count). The zero-order valence-corrected chi connectivity index (χ0v) is 14.6. The SMILES string of the molecule is CC12CC[C@H]3[C@@H](CC[C@@]45O[C@@H]4C(=O)C(C#N)CC35C)[C@@H]1CC[C@@H]2O. The Balaban J connectivity index is 1.53. The first-order valence-corrected chi connectivity index (χ1v) is 9.67. The van der Waals surface area contributed by atoms with Crippen LogP contribution < -0.4 is 0 Å². The summed E-state index contributed by atoms with van der Waals surface area (Å²) in [6.45, 7) is 4.59. The highest BCUT2D eigenvalue weighted by molar-refractivity contribution is 5.92. The fourth-order valence-electron chi connectivity index (χ4n) is 7.66. The Morgan fingerprint density at radius 1 is 1.17 bits per heavy atom. The molecule has 0 radical (unpaired) electrons. The fourth-order valence-corrected chi connectivity index (χ4v) is 7.66. The predicted octanol–water partition coefficient (Wildman–Crippen LogP) is 2.84. The van der Waals surface area contributed by atoms with Crippen LogP contribution in [-0.2, 0) is 9.53 Å². The highest BCUT2D eigenvalue weighted by Crippen LogP contribution is 2.72. The molecule has 0 aromatic carbocycles. The number of hydrogen-bond donors (Lipinski definition) is 1.